The molecule has 0 aliphatic heterocycles. The molecule has 0 amide bonds. The molecule has 0 bridgehead atoms. The molecular weight excluding hydrogens is 208 g/mol. The van der Waals surface area contributed by atoms with E-state index in [2.05, 4.69) is 30.7 Å². The van der Waals surface area contributed by atoms with E-state index in [9.17, 15) is 0 Å². The first-order chi connectivity index (χ1) is 6.79. The smallest absolute Gasteiger partial charge is 0.130 e. The molecule has 15 heavy (non-hydrogen) atoms. The summed E-state index contributed by atoms with van der Waals surface area (Å²) in [4.78, 5) is 8.78. The van der Waals surface area contributed by atoms with Crippen LogP contribution in [-0.2, 0) is 6.42 Å². The predicted octanol–water partition coefficient (Wildman–Crippen LogP) is 3.29. The van der Waals surface area contributed by atoms with Gasteiger partial charge in [-0.1, -0.05) is 20.8 Å². The average Bonchev–Trinajstić information content (AvgIpc) is 1.99. The van der Waals surface area contributed by atoms with Crippen molar-refractivity contribution in [3.8, 4) is 0 Å². The molecule has 2 nitrogen and oxygen atoms in total. The average molecular weight is 227 g/mol. The van der Waals surface area contributed by atoms with Crippen LogP contribution in [0.4, 0.5) is 0 Å². The van der Waals surface area contributed by atoms with Crippen LogP contribution in [0.2, 0.25) is 0 Å². The molecule has 0 spiro atoms. The van der Waals surface area contributed by atoms with Crippen LogP contribution in [0.3, 0.4) is 0 Å². The van der Waals surface area contributed by atoms with Gasteiger partial charge in [0.05, 0.1) is 0 Å². The Kier molecular flexibility index (Phi) is 3.72. The second kappa shape index (κ2) is 4.48. The Balaban J connectivity index is 2.81. The van der Waals surface area contributed by atoms with Gasteiger partial charge in [0.2, 0.25) is 0 Å². The molecule has 0 radical (unpaired) electrons. The molecule has 0 aromatic carbocycles. The Bertz CT molecular complexity index is 322. The lowest BCUT2D eigenvalue weighted by Gasteiger charge is -2.24. The molecule has 1 unspecified atom stereocenters. The molecule has 3 heteroatoms. The fourth-order valence-corrected chi connectivity index (χ4v) is 1.49. The van der Waals surface area contributed by atoms with Crippen molar-refractivity contribution in [2.24, 2.45) is 5.41 Å². The van der Waals surface area contributed by atoms with Crippen molar-refractivity contribution < 1.29 is 0 Å². The Hall–Kier alpha value is -0.630. The number of hydrogen-bond donors (Lipinski definition) is 0. The Labute approximate surface area is 97.1 Å². The third kappa shape index (κ3) is 3.78. The molecule has 1 rings (SSSR count). The second-order valence-electron chi connectivity index (χ2n) is 5.10. The van der Waals surface area contributed by atoms with E-state index >= 15 is 0 Å². The van der Waals surface area contributed by atoms with Gasteiger partial charge >= 0.3 is 0 Å². The van der Waals surface area contributed by atoms with Gasteiger partial charge in [-0.25, -0.2) is 9.97 Å². The maximum Gasteiger partial charge on any atom is 0.130 e. The van der Waals surface area contributed by atoms with E-state index in [-0.39, 0.29) is 10.8 Å². The van der Waals surface area contributed by atoms with Crippen LogP contribution in [0.1, 0.15) is 38.0 Å². The summed E-state index contributed by atoms with van der Waals surface area (Å²) in [6.07, 6.45) is 0.730. The van der Waals surface area contributed by atoms with Gasteiger partial charge < -0.3 is 0 Å². The number of rotatable bonds is 2. The van der Waals surface area contributed by atoms with Crippen molar-refractivity contribution in [1.29, 1.82) is 0 Å². The highest BCUT2D eigenvalue weighted by Gasteiger charge is 2.23. The van der Waals surface area contributed by atoms with Crippen LogP contribution in [0.5, 0.6) is 0 Å². The molecule has 0 fully saturated rings. The molecule has 1 aromatic rings. The van der Waals surface area contributed by atoms with E-state index in [0.29, 0.717) is 0 Å². The lowest BCUT2D eigenvalue weighted by atomic mass is 9.90. The summed E-state index contributed by atoms with van der Waals surface area (Å²) in [5, 5.41) is 0.0682. The minimum Gasteiger partial charge on any atom is -0.238 e. The number of hydrogen-bond acceptors (Lipinski definition) is 2. The highest BCUT2D eigenvalue weighted by Crippen LogP contribution is 2.26. The Morgan fingerprint density at radius 1 is 1.20 bits per heavy atom. The Morgan fingerprint density at radius 2 is 1.67 bits per heavy atom. The van der Waals surface area contributed by atoms with Crippen molar-refractivity contribution >= 4 is 11.6 Å². The minimum absolute atomic E-state index is 0.0682. The molecule has 0 saturated heterocycles. The zero-order valence-corrected chi connectivity index (χ0v) is 10.9. The summed E-state index contributed by atoms with van der Waals surface area (Å²) in [6, 6.07) is 1.98. The number of nitrogens with zero attached hydrogens (tertiary/aromatic N) is 2. The topological polar surface area (TPSA) is 25.8 Å². The van der Waals surface area contributed by atoms with Crippen molar-refractivity contribution in [2.45, 2.75) is 46.4 Å². The number of aromatic nitrogens is 2. The predicted molar refractivity (Wildman–Crippen MR) is 64.3 cm³/mol. The zero-order valence-electron chi connectivity index (χ0n) is 10.1. The lowest BCUT2D eigenvalue weighted by Crippen LogP contribution is -2.24. The van der Waals surface area contributed by atoms with E-state index in [4.69, 9.17) is 11.6 Å². The molecule has 1 atom stereocenters. The summed E-state index contributed by atoms with van der Waals surface area (Å²) in [6.45, 7) is 10.4. The van der Waals surface area contributed by atoms with Gasteiger partial charge in [0.15, 0.2) is 0 Å². The number of alkyl halides is 1. The molecular formula is C12H19ClN2. The zero-order chi connectivity index (χ0) is 11.6. The van der Waals surface area contributed by atoms with Gasteiger partial charge in [-0.3, -0.25) is 0 Å². The lowest BCUT2D eigenvalue weighted by molar-refractivity contribution is 0.382. The van der Waals surface area contributed by atoms with Gasteiger partial charge in [0, 0.05) is 23.2 Å². The van der Waals surface area contributed by atoms with Crippen molar-refractivity contribution in [1.82, 2.24) is 9.97 Å². The molecule has 1 heterocycles. The van der Waals surface area contributed by atoms with Crippen LogP contribution in [-0.4, -0.2) is 15.3 Å². The van der Waals surface area contributed by atoms with E-state index < -0.39 is 0 Å². The van der Waals surface area contributed by atoms with Gasteiger partial charge in [-0.05, 0) is 25.3 Å². The quantitative estimate of drug-likeness (QED) is 0.724. The van der Waals surface area contributed by atoms with Gasteiger partial charge in [-0.15, -0.1) is 11.6 Å². The van der Waals surface area contributed by atoms with Gasteiger partial charge in [-0.2, -0.15) is 0 Å². The van der Waals surface area contributed by atoms with Gasteiger partial charge in [0.1, 0.15) is 5.82 Å². The molecule has 84 valence electrons. The van der Waals surface area contributed by atoms with E-state index in [0.717, 1.165) is 23.6 Å². The number of aryl methyl sites for hydroxylation is 2. The van der Waals surface area contributed by atoms with Gasteiger partial charge in [0.25, 0.3) is 0 Å². The normalized spacial score (nSPS) is 14.0. The molecule has 0 aliphatic rings. The first-order valence-corrected chi connectivity index (χ1v) is 5.68. The highest BCUT2D eigenvalue weighted by atomic mass is 35.5. The summed E-state index contributed by atoms with van der Waals surface area (Å²) in [7, 11) is 0. The van der Waals surface area contributed by atoms with Crippen LogP contribution >= 0.6 is 11.6 Å². The van der Waals surface area contributed by atoms with E-state index in [1.54, 1.807) is 0 Å². The standard InChI is InChI=1S/C12H19ClN2/c1-8-6-9(2)15-11(14-8)7-10(13)12(3,4)5/h6,10H,7H2,1-5H3. The fraction of sp³-hybridized carbons (Fsp3) is 0.667. The summed E-state index contributed by atoms with van der Waals surface area (Å²) in [5.41, 5.74) is 2.10. The third-order valence-electron chi connectivity index (χ3n) is 2.33. The summed E-state index contributed by atoms with van der Waals surface area (Å²) in [5.74, 6) is 0.849. The second-order valence-corrected chi connectivity index (χ2v) is 5.63. The largest absolute Gasteiger partial charge is 0.238 e. The third-order valence-corrected chi connectivity index (χ3v) is 3.14. The molecule has 0 aliphatic carbocycles. The van der Waals surface area contributed by atoms with Crippen molar-refractivity contribution in [2.75, 3.05) is 0 Å². The minimum atomic E-state index is 0.0682. The summed E-state index contributed by atoms with van der Waals surface area (Å²) >= 11 is 6.32. The van der Waals surface area contributed by atoms with Crippen LogP contribution < -0.4 is 0 Å². The summed E-state index contributed by atoms with van der Waals surface area (Å²) < 4.78 is 0. The maximum absolute atomic E-state index is 6.32. The number of halogens is 1. The monoisotopic (exact) mass is 226 g/mol. The maximum atomic E-state index is 6.32. The first kappa shape index (κ1) is 12.4. The SMILES string of the molecule is Cc1cc(C)nc(CC(Cl)C(C)(C)C)n1. The van der Waals surface area contributed by atoms with E-state index in [1.807, 2.05) is 19.9 Å². The van der Waals surface area contributed by atoms with Crippen molar-refractivity contribution in [3.63, 3.8) is 0 Å². The van der Waals surface area contributed by atoms with Crippen LogP contribution in [0, 0.1) is 19.3 Å². The van der Waals surface area contributed by atoms with Crippen molar-refractivity contribution in [3.05, 3.63) is 23.3 Å². The molecule has 1 aromatic heterocycles. The molecule has 0 saturated carbocycles. The highest BCUT2D eigenvalue weighted by molar-refractivity contribution is 6.21. The fourth-order valence-electron chi connectivity index (χ4n) is 1.36. The van der Waals surface area contributed by atoms with Crippen LogP contribution in [0.15, 0.2) is 6.07 Å². The first-order valence-electron chi connectivity index (χ1n) is 5.24. The Morgan fingerprint density at radius 3 is 2.07 bits per heavy atom. The van der Waals surface area contributed by atoms with Crippen LogP contribution in [0.25, 0.3) is 0 Å². The molecule has 0 N–H and O–H groups in total. The van der Waals surface area contributed by atoms with E-state index in [1.165, 1.54) is 0 Å².